The number of terminal acetylenes is 1. The lowest BCUT2D eigenvalue weighted by Gasteiger charge is -2.08. The van der Waals surface area contributed by atoms with Gasteiger partial charge in [-0.3, -0.25) is 0 Å². The Morgan fingerprint density at radius 1 is 0.524 bits per heavy atom. The van der Waals surface area contributed by atoms with Gasteiger partial charge in [0.15, 0.2) is 0 Å². The number of H-pyrrole nitrogens is 2. The van der Waals surface area contributed by atoms with Crippen molar-refractivity contribution in [2.24, 2.45) is 11.5 Å². The molecule has 42 heavy (non-hydrogen) atoms. The van der Waals surface area contributed by atoms with E-state index < -0.39 is 0 Å². The molecule has 0 fully saturated rings. The molecule has 0 aliphatic rings. The van der Waals surface area contributed by atoms with Crippen molar-refractivity contribution in [3.05, 3.63) is 96.8 Å². The van der Waals surface area contributed by atoms with Crippen LogP contribution in [0.3, 0.4) is 0 Å². The minimum atomic E-state index is 0.405. The summed E-state index contributed by atoms with van der Waals surface area (Å²) in [4.78, 5) is 15.2. The summed E-state index contributed by atoms with van der Waals surface area (Å²) in [5, 5.41) is 4.77. The van der Waals surface area contributed by atoms with E-state index in [0.717, 1.165) is 34.2 Å². The van der Waals surface area contributed by atoms with E-state index in [1.54, 1.807) is 0 Å². The monoisotopic (exact) mass is 558 g/mol. The minimum absolute atomic E-state index is 0.405. The molecule has 0 bridgehead atoms. The molecule has 0 aliphatic carbocycles. The molecule has 0 saturated carbocycles. The summed E-state index contributed by atoms with van der Waals surface area (Å²) in [6.45, 7) is 9.31. The lowest BCUT2D eigenvalue weighted by Crippen LogP contribution is -1.97. The molecule has 6 aromatic rings. The highest BCUT2D eigenvalue weighted by atomic mass is 14.9. The van der Waals surface area contributed by atoms with E-state index in [9.17, 15) is 0 Å². The van der Waals surface area contributed by atoms with E-state index in [0.29, 0.717) is 13.1 Å². The fraction of sp³-hybridized carbons (Fsp3) is 0.222. The van der Waals surface area contributed by atoms with Gasteiger partial charge >= 0.3 is 0 Å². The lowest BCUT2D eigenvalue weighted by molar-refractivity contribution is 0.950. The summed E-state index contributed by atoms with van der Waals surface area (Å²) >= 11 is 0. The highest BCUT2D eigenvalue weighted by Gasteiger charge is 2.07. The van der Waals surface area contributed by atoms with Crippen molar-refractivity contribution < 1.29 is 0 Å². The Kier molecular flexibility index (Phi) is 12.1. The fourth-order valence-electron chi connectivity index (χ4n) is 4.41. The van der Waals surface area contributed by atoms with Crippen LogP contribution in [0.4, 0.5) is 0 Å². The molecule has 0 saturated heterocycles. The standard InChI is InChI=1S/C28H24N6.2C3H8.C2H2/c29-13-27-31-15-25(33-27)23-7-5-19-9-17(1-3-21(19)11-23)18-2-4-22-12-24(8-6-20(22)10-18)26-16-32-28(14-30)34-26;2*1-3-2;1-2/h1-12,15-16H,13-14,29-30H2,(H,31,33)(H,32,34);2*3H2,1-2H3;1-2H. The zero-order valence-corrected chi connectivity index (χ0v) is 25.1. The molecule has 2 aromatic heterocycles. The van der Waals surface area contributed by atoms with Gasteiger partial charge in [0.1, 0.15) is 11.6 Å². The van der Waals surface area contributed by atoms with Crippen LogP contribution in [0.2, 0.25) is 0 Å². The van der Waals surface area contributed by atoms with Crippen molar-refractivity contribution in [2.45, 2.75) is 53.6 Å². The van der Waals surface area contributed by atoms with Crippen molar-refractivity contribution in [1.29, 1.82) is 0 Å². The van der Waals surface area contributed by atoms with Gasteiger partial charge in [-0.15, -0.1) is 12.8 Å². The number of imidazole rings is 2. The number of fused-ring (bicyclic) bond motifs is 2. The first-order valence-corrected chi connectivity index (χ1v) is 14.4. The molecular formula is C36H42N6. The van der Waals surface area contributed by atoms with E-state index in [1.165, 1.54) is 45.5 Å². The number of rotatable bonds is 5. The number of nitrogens with zero attached hydrogens (tertiary/aromatic N) is 2. The molecule has 6 N–H and O–H groups in total. The first-order valence-electron chi connectivity index (χ1n) is 14.4. The second kappa shape index (κ2) is 15.9. The van der Waals surface area contributed by atoms with Gasteiger partial charge in [0.05, 0.1) is 36.9 Å². The van der Waals surface area contributed by atoms with Crippen LogP contribution in [0.1, 0.15) is 52.2 Å². The van der Waals surface area contributed by atoms with Crippen molar-refractivity contribution in [3.8, 4) is 46.5 Å². The summed E-state index contributed by atoms with van der Waals surface area (Å²) in [5.41, 5.74) is 17.9. The third-order valence-electron chi connectivity index (χ3n) is 6.28. The van der Waals surface area contributed by atoms with Gasteiger partial charge in [-0.25, -0.2) is 9.97 Å². The molecule has 0 aliphatic heterocycles. The zero-order chi connectivity index (χ0) is 30.5. The van der Waals surface area contributed by atoms with Crippen LogP contribution in [0.5, 0.6) is 0 Å². The summed E-state index contributed by atoms with van der Waals surface area (Å²) < 4.78 is 0. The molecule has 0 unspecified atom stereocenters. The Labute approximate surface area is 249 Å². The summed E-state index contributed by atoms with van der Waals surface area (Å²) in [5.74, 6) is 1.58. The van der Waals surface area contributed by atoms with E-state index in [4.69, 9.17) is 11.5 Å². The summed E-state index contributed by atoms with van der Waals surface area (Å²) in [6, 6.07) is 26.1. The molecule has 0 radical (unpaired) electrons. The van der Waals surface area contributed by atoms with Crippen molar-refractivity contribution in [2.75, 3.05) is 0 Å². The van der Waals surface area contributed by atoms with Crippen LogP contribution in [-0.2, 0) is 13.1 Å². The lowest BCUT2D eigenvalue weighted by atomic mass is 9.97. The summed E-state index contributed by atoms with van der Waals surface area (Å²) in [6.07, 6.45) is 14.2. The Hall–Kier alpha value is -4.70. The zero-order valence-electron chi connectivity index (χ0n) is 25.1. The number of aromatic nitrogens is 4. The molecule has 0 atom stereocenters. The smallest absolute Gasteiger partial charge is 0.120 e. The molecule has 6 rings (SSSR count). The largest absolute Gasteiger partial charge is 0.341 e. The van der Waals surface area contributed by atoms with Crippen molar-refractivity contribution >= 4 is 21.5 Å². The Bertz CT molecular complexity index is 1600. The van der Waals surface area contributed by atoms with Gasteiger partial charge in [-0.2, -0.15) is 0 Å². The number of hydrogen-bond donors (Lipinski definition) is 4. The second-order valence-corrected chi connectivity index (χ2v) is 9.86. The van der Waals surface area contributed by atoms with Gasteiger partial charge < -0.3 is 21.4 Å². The van der Waals surface area contributed by atoms with Gasteiger partial charge in [0.2, 0.25) is 0 Å². The molecule has 6 nitrogen and oxygen atoms in total. The molecule has 2 heterocycles. The maximum absolute atomic E-state index is 5.68. The molecule has 216 valence electrons. The van der Waals surface area contributed by atoms with E-state index in [-0.39, 0.29) is 0 Å². The fourth-order valence-corrected chi connectivity index (χ4v) is 4.41. The van der Waals surface area contributed by atoms with Crippen LogP contribution in [-0.4, -0.2) is 19.9 Å². The van der Waals surface area contributed by atoms with Gasteiger partial charge in [0, 0.05) is 11.1 Å². The highest BCUT2D eigenvalue weighted by Crippen LogP contribution is 2.31. The van der Waals surface area contributed by atoms with Crippen LogP contribution >= 0.6 is 0 Å². The maximum Gasteiger partial charge on any atom is 0.120 e. The molecule has 6 heteroatoms. The normalized spacial score (nSPS) is 10.2. The third-order valence-corrected chi connectivity index (χ3v) is 6.28. The number of nitrogens with one attached hydrogen (secondary N) is 2. The van der Waals surface area contributed by atoms with Gasteiger partial charge in [0.25, 0.3) is 0 Å². The van der Waals surface area contributed by atoms with Crippen molar-refractivity contribution in [3.63, 3.8) is 0 Å². The first-order chi connectivity index (χ1) is 20.5. The van der Waals surface area contributed by atoms with Crippen LogP contribution in [0.15, 0.2) is 85.2 Å². The predicted molar refractivity (Wildman–Crippen MR) is 180 cm³/mol. The second-order valence-electron chi connectivity index (χ2n) is 9.86. The predicted octanol–water partition coefficient (Wildman–Crippen LogP) is 8.44. The number of hydrogen-bond acceptors (Lipinski definition) is 4. The van der Waals surface area contributed by atoms with Gasteiger partial charge in [-0.05, 0) is 56.9 Å². The Balaban J connectivity index is 0.000000550. The minimum Gasteiger partial charge on any atom is -0.341 e. The average molecular weight is 559 g/mol. The molecule has 0 amide bonds. The quantitative estimate of drug-likeness (QED) is 0.159. The SMILES string of the molecule is C#C.CCC.CCC.NCc1ncc(-c2ccc3cc(-c4ccc5cc(-c6cnc(CN)[nH]6)ccc5c4)ccc3c2)[nH]1. The molecule has 4 aromatic carbocycles. The number of nitrogens with two attached hydrogens (primary N) is 2. The first kappa shape index (κ1) is 31.8. The molecular weight excluding hydrogens is 516 g/mol. The van der Waals surface area contributed by atoms with Crippen molar-refractivity contribution in [1.82, 2.24) is 19.9 Å². The van der Waals surface area contributed by atoms with Gasteiger partial charge in [-0.1, -0.05) is 89.1 Å². The Morgan fingerprint density at radius 3 is 1.10 bits per heavy atom. The van der Waals surface area contributed by atoms with E-state index in [1.807, 2.05) is 12.4 Å². The topological polar surface area (TPSA) is 109 Å². The van der Waals surface area contributed by atoms with E-state index >= 15 is 0 Å². The Morgan fingerprint density at radius 2 is 0.810 bits per heavy atom. The number of aromatic amines is 2. The highest BCUT2D eigenvalue weighted by molar-refractivity contribution is 5.94. The summed E-state index contributed by atoms with van der Waals surface area (Å²) in [7, 11) is 0. The number of benzene rings is 4. The van der Waals surface area contributed by atoms with Crippen LogP contribution in [0, 0.1) is 12.8 Å². The maximum atomic E-state index is 5.68. The average Bonchev–Trinajstić information content (AvgIpc) is 3.72. The van der Waals surface area contributed by atoms with Crippen LogP contribution < -0.4 is 11.5 Å². The third kappa shape index (κ3) is 7.73. The molecule has 0 spiro atoms. The van der Waals surface area contributed by atoms with E-state index in [2.05, 4.69) is 133 Å². The van der Waals surface area contributed by atoms with Crippen LogP contribution in [0.25, 0.3) is 55.2 Å².